The number of aryl methyl sites for hydroxylation is 2. The second-order valence-corrected chi connectivity index (χ2v) is 11.3. The molecular weight excluding hydrogens is 418 g/mol. The summed E-state index contributed by atoms with van der Waals surface area (Å²) in [4.78, 5) is 17.4. The van der Waals surface area contributed by atoms with Crippen LogP contribution in [-0.4, -0.2) is 62.8 Å². The van der Waals surface area contributed by atoms with E-state index in [0.717, 1.165) is 25.9 Å². The summed E-state index contributed by atoms with van der Waals surface area (Å²) in [5, 5.41) is 1.77. The van der Waals surface area contributed by atoms with Gasteiger partial charge in [0.05, 0.1) is 5.92 Å². The van der Waals surface area contributed by atoms with Crippen molar-refractivity contribution in [3.63, 3.8) is 0 Å². The van der Waals surface area contributed by atoms with Crippen molar-refractivity contribution in [3.8, 4) is 0 Å². The van der Waals surface area contributed by atoms with Gasteiger partial charge in [-0.05, 0) is 49.8 Å². The Kier molecular flexibility index (Phi) is 6.18. The Hall–Kier alpha value is -1.90. The number of benzene rings is 1. The summed E-state index contributed by atoms with van der Waals surface area (Å²) < 4.78 is 27.6. The topological polar surface area (TPSA) is 60.9 Å². The molecule has 0 radical (unpaired) electrons. The zero-order valence-electron chi connectivity index (χ0n) is 17.6. The minimum Gasteiger partial charge on any atom is -0.368 e. The van der Waals surface area contributed by atoms with Crippen LogP contribution >= 0.6 is 11.3 Å². The third kappa shape index (κ3) is 4.26. The minimum atomic E-state index is -3.50. The maximum Gasteiger partial charge on any atom is 0.252 e. The summed E-state index contributed by atoms with van der Waals surface area (Å²) in [6, 6.07) is 9.87. The second kappa shape index (κ2) is 8.69. The SMILES string of the molecule is Cc1ccc(N2CCN(C(=O)[C@@H]3CCCN(S(=O)(=O)c4cccs4)C3)CC2)c(C)c1. The van der Waals surface area contributed by atoms with Gasteiger partial charge in [0.25, 0.3) is 10.0 Å². The van der Waals surface area contributed by atoms with E-state index in [1.807, 2.05) is 4.90 Å². The molecule has 0 spiro atoms. The zero-order chi connectivity index (χ0) is 21.3. The Balaban J connectivity index is 1.38. The van der Waals surface area contributed by atoms with E-state index in [9.17, 15) is 13.2 Å². The molecule has 2 aliphatic rings. The monoisotopic (exact) mass is 447 g/mol. The van der Waals surface area contributed by atoms with E-state index < -0.39 is 10.0 Å². The molecule has 4 rings (SSSR count). The normalized spacial score (nSPS) is 21.1. The molecule has 3 heterocycles. The molecule has 1 aromatic heterocycles. The summed E-state index contributed by atoms with van der Waals surface area (Å²) in [5.74, 6) is -0.150. The van der Waals surface area contributed by atoms with Crippen molar-refractivity contribution in [2.75, 3.05) is 44.2 Å². The molecule has 0 unspecified atom stereocenters. The number of rotatable bonds is 4. The maximum atomic E-state index is 13.2. The van der Waals surface area contributed by atoms with Crippen LogP contribution in [0.25, 0.3) is 0 Å². The largest absolute Gasteiger partial charge is 0.368 e. The van der Waals surface area contributed by atoms with Crippen LogP contribution in [0.4, 0.5) is 5.69 Å². The lowest BCUT2D eigenvalue weighted by Crippen LogP contribution is -2.53. The first-order valence-corrected chi connectivity index (χ1v) is 12.8. The van der Waals surface area contributed by atoms with Gasteiger partial charge in [-0.15, -0.1) is 11.3 Å². The first-order valence-electron chi connectivity index (χ1n) is 10.5. The van der Waals surface area contributed by atoms with Crippen molar-refractivity contribution < 1.29 is 13.2 Å². The second-order valence-electron chi connectivity index (χ2n) is 8.24. The summed E-state index contributed by atoms with van der Waals surface area (Å²) in [6.07, 6.45) is 1.48. The molecule has 2 aliphatic heterocycles. The quantitative estimate of drug-likeness (QED) is 0.723. The third-order valence-electron chi connectivity index (χ3n) is 6.11. The summed E-state index contributed by atoms with van der Waals surface area (Å²) in [6.45, 7) is 7.98. The van der Waals surface area contributed by atoms with E-state index in [2.05, 4.69) is 36.9 Å². The molecule has 6 nitrogen and oxygen atoms in total. The summed E-state index contributed by atoms with van der Waals surface area (Å²) in [7, 11) is -3.50. The fourth-order valence-corrected chi connectivity index (χ4v) is 7.15. The van der Waals surface area contributed by atoms with Crippen molar-refractivity contribution >= 4 is 33.0 Å². The van der Waals surface area contributed by atoms with Crippen LogP contribution in [0.1, 0.15) is 24.0 Å². The number of carbonyl (C=O) groups excluding carboxylic acids is 1. The molecule has 2 fully saturated rings. The van der Waals surface area contributed by atoms with Crippen LogP contribution in [-0.2, 0) is 14.8 Å². The van der Waals surface area contributed by atoms with Gasteiger partial charge in [0.2, 0.25) is 5.91 Å². The Bertz CT molecular complexity index is 997. The number of carbonyl (C=O) groups is 1. The van der Waals surface area contributed by atoms with Crippen LogP contribution < -0.4 is 4.90 Å². The van der Waals surface area contributed by atoms with Crippen molar-refractivity contribution in [2.24, 2.45) is 5.92 Å². The van der Waals surface area contributed by atoms with Crippen LogP contribution in [0, 0.1) is 19.8 Å². The third-order valence-corrected chi connectivity index (χ3v) is 9.35. The predicted molar refractivity (Wildman–Crippen MR) is 121 cm³/mol. The number of nitrogens with zero attached hydrogens (tertiary/aromatic N) is 3. The van der Waals surface area contributed by atoms with E-state index in [1.165, 1.54) is 32.5 Å². The van der Waals surface area contributed by atoms with Gasteiger partial charge in [-0.1, -0.05) is 23.8 Å². The fourth-order valence-electron chi connectivity index (χ4n) is 4.49. The highest BCUT2D eigenvalue weighted by atomic mass is 32.2. The van der Waals surface area contributed by atoms with E-state index in [1.54, 1.807) is 17.5 Å². The number of piperidine rings is 1. The number of hydrogen-bond acceptors (Lipinski definition) is 5. The molecule has 0 N–H and O–H groups in total. The first kappa shape index (κ1) is 21.3. The Morgan fingerprint density at radius 2 is 1.83 bits per heavy atom. The van der Waals surface area contributed by atoms with Crippen LogP contribution in [0.15, 0.2) is 39.9 Å². The van der Waals surface area contributed by atoms with E-state index in [4.69, 9.17) is 0 Å². The zero-order valence-corrected chi connectivity index (χ0v) is 19.2. The van der Waals surface area contributed by atoms with Crippen molar-refractivity contribution in [1.82, 2.24) is 9.21 Å². The molecule has 2 saturated heterocycles. The molecule has 1 aromatic carbocycles. The summed E-state index contributed by atoms with van der Waals surface area (Å²) in [5.41, 5.74) is 3.75. The van der Waals surface area contributed by atoms with Crippen LogP contribution in [0.3, 0.4) is 0 Å². The van der Waals surface area contributed by atoms with Gasteiger partial charge >= 0.3 is 0 Å². The Morgan fingerprint density at radius 1 is 1.07 bits per heavy atom. The highest BCUT2D eigenvalue weighted by molar-refractivity contribution is 7.91. The van der Waals surface area contributed by atoms with Gasteiger partial charge in [-0.2, -0.15) is 4.31 Å². The predicted octanol–water partition coefficient (Wildman–Crippen LogP) is 3.11. The minimum absolute atomic E-state index is 0.0985. The maximum absolute atomic E-state index is 13.2. The van der Waals surface area contributed by atoms with Crippen molar-refractivity contribution in [3.05, 3.63) is 46.8 Å². The number of hydrogen-bond donors (Lipinski definition) is 0. The molecule has 1 amide bonds. The highest BCUT2D eigenvalue weighted by Gasteiger charge is 2.36. The number of thiophene rings is 1. The van der Waals surface area contributed by atoms with E-state index in [-0.39, 0.29) is 18.4 Å². The number of piperazine rings is 1. The molecular formula is C22H29N3O3S2. The fraction of sp³-hybridized carbons (Fsp3) is 0.500. The molecule has 162 valence electrons. The van der Waals surface area contributed by atoms with Gasteiger partial charge in [-0.3, -0.25) is 4.79 Å². The van der Waals surface area contributed by atoms with E-state index >= 15 is 0 Å². The van der Waals surface area contributed by atoms with Crippen molar-refractivity contribution in [2.45, 2.75) is 30.9 Å². The van der Waals surface area contributed by atoms with Crippen molar-refractivity contribution in [1.29, 1.82) is 0 Å². The lowest BCUT2D eigenvalue weighted by Gasteiger charge is -2.39. The van der Waals surface area contributed by atoms with Gasteiger partial charge < -0.3 is 9.80 Å². The van der Waals surface area contributed by atoms with Gasteiger partial charge in [0.1, 0.15) is 4.21 Å². The number of amides is 1. The highest BCUT2D eigenvalue weighted by Crippen LogP contribution is 2.28. The average Bonchev–Trinajstić information content (AvgIpc) is 3.29. The molecule has 2 aromatic rings. The molecule has 0 aliphatic carbocycles. The number of anilines is 1. The Morgan fingerprint density at radius 3 is 2.50 bits per heavy atom. The molecule has 0 saturated carbocycles. The van der Waals surface area contributed by atoms with Gasteiger partial charge in [-0.25, -0.2) is 8.42 Å². The first-order chi connectivity index (χ1) is 14.4. The smallest absolute Gasteiger partial charge is 0.252 e. The van der Waals surface area contributed by atoms with Gasteiger partial charge in [0.15, 0.2) is 0 Å². The van der Waals surface area contributed by atoms with Crippen LogP contribution in [0.5, 0.6) is 0 Å². The lowest BCUT2D eigenvalue weighted by molar-refractivity contribution is -0.137. The lowest BCUT2D eigenvalue weighted by atomic mass is 9.97. The standard InChI is InChI=1S/C22H29N3O3S2/c1-17-7-8-20(18(2)15-17)23-10-12-24(13-11-23)22(26)19-5-3-9-25(16-19)30(27,28)21-6-4-14-29-21/h4,6-8,14-15,19H,3,5,9-13,16H2,1-2H3/t19-/m1/s1. The molecule has 30 heavy (non-hydrogen) atoms. The molecule has 8 heteroatoms. The summed E-state index contributed by atoms with van der Waals surface area (Å²) >= 11 is 1.23. The average molecular weight is 448 g/mol. The molecule has 1 atom stereocenters. The van der Waals surface area contributed by atoms with Gasteiger partial charge in [0, 0.05) is 45.0 Å². The number of sulfonamides is 1. The Labute approximate surface area is 183 Å². The molecule has 0 bridgehead atoms. The van der Waals surface area contributed by atoms with Crippen LogP contribution in [0.2, 0.25) is 0 Å². The van der Waals surface area contributed by atoms with E-state index in [0.29, 0.717) is 23.8 Å².